The number of fused-ring (bicyclic) bond motifs is 1. The molecule has 2 saturated carbocycles. The molecule has 0 heterocycles. The van der Waals surface area contributed by atoms with E-state index in [1.165, 1.54) is 12.8 Å². The first-order chi connectivity index (χ1) is 6.33. The zero-order valence-corrected chi connectivity index (χ0v) is 7.82. The molecule has 13 heavy (non-hydrogen) atoms. The van der Waals surface area contributed by atoms with Crippen molar-refractivity contribution < 1.29 is 5.11 Å². The standard InChI is InChI=1S/C11H17NO/c13-9-5-8(6-9)12-11-4-7-2-1-3-10(7)11/h1,3,7-13H,2,4-6H2. The molecule has 2 heteroatoms. The highest BCUT2D eigenvalue weighted by Gasteiger charge is 2.42. The summed E-state index contributed by atoms with van der Waals surface area (Å²) in [5.41, 5.74) is 0. The van der Waals surface area contributed by atoms with Gasteiger partial charge in [-0.25, -0.2) is 0 Å². The molecule has 3 atom stereocenters. The van der Waals surface area contributed by atoms with Gasteiger partial charge in [0.25, 0.3) is 0 Å². The van der Waals surface area contributed by atoms with E-state index < -0.39 is 0 Å². The van der Waals surface area contributed by atoms with Crippen LogP contribution in [0.1, 0.15) is 25.7 Å². The molecule has 2 nitrogen and oxygen atoms in total. The van der Waals surface area contributed by atoms with Crippen molar-refractivity contribution in [2.45, 2.75) is 43.9 Å². The second-order valence-electron chi connectivity index (χ2n) is 4.83. The molecular weight excluding hydrogens is 162 g/mol. The molecule has 0 aromatic heterocycles. The van der Waals surface area contributed by atoms with Crippen LogP contribution in [-0.4, -0.2) is 23.3 Å². The van der Waals surface area contributed by atoms with E-state index in [1.807, 2.05) is 0 Å². The summed E-state index contributed by atoms with van der Waals surface area (Å²) in [7, 11) is 0. The largest absolute Gasteiger partial charge is 0.393 e. The normalized spacial score (nSPS) is 52.5. The number of nitrogens with one attached hydrogen (secondary N) is 1. The van der Waals surface area contributed by atoms with E-state index in [-0.39, 0.29) is 6.10 Å². The summed E-state index contributed by atoms with van der Waals surface area (Å²) in [4.78, 5) is 0. The highest BCUT2D eigenvalue weighted by Crippen LogP contribution is 2.43. The SMILES string of the molecule is OC1CC(NC2CC3CC=CC32)C1. The Morgan fingerprint density at radius 3 is 2.77 bits per heavy atom. The minimum atomic E-state index is -0.0208. The first kappa shape index (κ1) is 8.01. The molecule has 2 fully saturated rings. The van der Waals surface area contributed by atoms with Crippen LogP contribution in [0.25, 0.3) is 0 Å². The van der Waals surface area contributed by atoms with Crippen LogP contribution in [0.15, 0.2) is 12.2 Å². The third kappa shape index (κ3) is 1.24. The minimum Gasteiger partial charge on any atom is -0.393 e. The Kier molecular flexibility index (Phi) is 1.74. The van der Waals surface area contributed by atoms with E-state index in [1.54, 1.807) is 0 Å². The highest BCUT2D eigenvalue weighted by atomic mass is 16.3. The van der Waals surface area contributed by atoms with Crippen LogP contribution in [0.2, 0.25) is 0 Å². The summed E-state index contributed by atoms with van der Waals surface area (Å²) in [6, 6.07) is 1.33. The molecule has 0 aliphatic heterocycles. The molecule has 0 radical (unpaired) electrons. The molecule has 3 aliphatic carbocycles. The van der Waals surface area contributed by atoms with Gasteiger partial charge in [-0.05, 0) is 37.5 Å². The van der Waals surface area contributed by atoms with Crippen molar-refractivity contribution in [2.75, 3.05) is 0 Å². The number of aliphatic hydroxyl groups is 1. The molecule has 0 bridgehead atoms. The van der Waals surface area contributed by atoms with Crippen molar-refractivity contribution >= 4 is 0 Å². The lowest BCUT2D eigenvalue weighted by atomic mass is 9.70. The minimum absolute atomic E-state index is 0.0208. The fraction of sp³-hybridized carbons (Fsp3) is 0.818. The average Bonchev–Trinajstić information content (AvgIpc) is 2.38. The van der Waals surface area contributed by atoms with Gasteiger partial charge >= 0.3 is 0 Å². The van der Waals surface area contributed by atoms with E-state index in [0.717, 1.165) is 30.7 Å². The maximum Gasteiger partial charge on any atom is 0.0570 e. The molecule has 0 aromatic carbocycles. The molecular formula is C11H17NO. The van der Waals surface area contributed by atoms with Crippen LogP contribution < -0.4 is 5.32 Å². The quantitative estimate of drug-likeness (QED) is 0.621. The lowest BCUT2D eigenvalue weighted by Gasteiger charge is -2.45. The molecule has 0 aromatic rings. The average molecular weight is 179 g/mol. The maximum absolute atomic E-state index is 9.16. The molecule has 0 spiro atoms. The van der Waals surface area contributed by atoms with Crippen LogP contribution in [0.4, 0.5) is 0 Å². The van der Waals surface area contributed by atoms with Gasteiger partial charge in [0.2, 0.25) is 0 Å². The predicted octanol–water partition coefficient (Wildman–Crippen LogP) is 1.06. The number of rotatable bonds is 2. The van der Waals surface area contributed by atoms with E-state index in [4.69, 9.17) is 5.11 Å². The Labute approximate surface area is 79.0 Å². The monoisotopic (exact) mass is 179 g/mol. The van der Waals surface area contributed by atoms with Crippen LogP contribution in [0.3, 0.4) is 0 Å². The van der Waals surface area contributed by atoms with Crippen LogP contribution in [0.5, 0.6) is 0 Å². The van der Waals surface area contributed by atoms with Gasteiger partial charge in [0.05, 0.1) is 6.10 Å². The van der Waals surface area contributed by atoms with Gasteiger partial charge in [0.15, 0.2) is 0 Å². The third-order valence-corrected chi connectivity index (χ3v) is 3.93. The summed E-state index contributed by atoms with van der Waals surface area (Å²) < 4.78 is 0. The summed E-state index contributed by atoms with van der Waals surface area (Å²) in [5.74, 6) is 1.76. The Morgan fingerprint density at radius 2 is 2.08 bits per heavy atom. The highest BCUT2D eigenvalue weighted by molar-refractivity contribution is 5.13. The Morgan fingerprint density at radius 1 is 1.23 bits per heavy atom. The van der Waals surface area contributed by atoms with Gasteiger partial charge in [-0.1, -0.05) is 12.2 Å². The fourth-order valence-electron chi connectivity index (χ4n) is 2.93. The van der Waals surface area contributed by atoms with Gasteiger partial charge in [0, 0.05) is 12.1 Å². The smallest absolute Gasteiger partial charge is 0.0570 e. The summed E-state index contributed by atoms with van der Waals surface area (Å²) in [6.07, 6.45) is 9.27. The molecule has 2 N–H and O–H groups in total. The summed E-state index contributed by atoms with van der Waals surface area (Å²) >= 11 is 0. The van der Waals surface area contributed by atoms with Crippen molar-refractivity contribution in [3.05, 3.63) is 12.2 Å². The first-order valence-electron chi connectivity index (χ1n) is 5.43. The molecule has 3 aliphatic rings. The topological polar surface area (TPSA) is 32.3 Å². The van der Waals surface area contributed by atoms with Crippen molar-refractivity contribution in [2.24, 2.45) is 11.8 Å². The second-order valence-corrected chi connectivity index (χ2v) is 4.83. The van der Waals surface area contributed by atoms with Gasteiger partial charge in [0.1, 0.15) is 0 Å². The summed E-state index contributed by atoms with van der Waals surface area (Å²) in [5, 5.41) is 12.8. The van der Waals surface area contributed by atoms with E-state index in [9.17, 15) is 0 Å². The van der Waals surface area contributed by atoms with E-state index >= 15 is 0 Å². The van der Waals surface area contributed by atoms with Crippen molar-refractivity contribution in [1.29, 1.82) is 0 Å². The Hall–Kier alpha value is -0.340. The number of hydrogen-bond donors (Lipinski definition) is 2. The van der Waals surface area contributed by atoms with Crippen molar-refractivity contribution in [3.8, 4) is 0 Å². The zero-order valence-electron chi connectivity index (χ0n) is 7.82. The van der Waals surface area contributed by atoms with Crippen molar-refractivity contribution in [1.82, 2.24) is 5.32 Å². The van der Waals surface area contributed by atoms with Gasteiger partial charge < -0.3 is 10.4 Å². The van der Waals surface area contributed by atoms with Gasteiger partial charge in [-0.2, -0.15) is 0 Å². The predicted molar refractivity (Wildman–Crippen MR) is 51.3 cm³/mol. The lowest BCUT2D eigenvalue weighted by molar-refractivity contribution is 0.0382. The number of aliphatic hydroxyl groups excluding tert-OH is 1. The fourth-order valence-corrected chi connectivity index (χ4v) is 2.93. The first-order valence-corrected chi connectivity index (χ1v) is 5.43. The molecule has 3 unspecified atom stereocenters. The Bertz CT molecular complexity index is 232. The third-order valence-electron chi connectivity index (χ3n) is 3.93. The molecule has 0 saturated heterocycles. The van der Waals surface area contributed by atoms with Crippen LogP contribution in [-0.2, 0) is 0 Å². The van der Waals surface area contributed by atoms with E-state index in [2.05, 4.69) is 17.5 Å². The van der Waals surface area contributed by atoms with Gasteiger partial charge in [-0.3, -0.25) is 0 Å². The summed E-state index contributed by atoms with van der Waals surface area (Å²) in [6.45, 7) is 0. The van der Waals surface area contributed by atoms with Gasteiger partial charge in [-0.15, -0.1) is 0 Å². The van der Waals surface area contributed by atoms with Crippen molar-refractivity contribution in [3.63, 3.8) is 0 Å². The second kappa shape index (κ2) is 2.82. The molecule has 72 valence electrons. The lowest BCUT2D eigenvalue weighted by Crippen LogP contribution is -2.56. The molecule has 3 rings (SSSR count). The number of hydrogen-bond acceptors (Lipinski definition) is 2. The maximum atomic E-state index is 9.16. The van der Waals surface area contributed by atoms with E-state index in [0.29, 0.717) is 6.04 Å². The Balaban J connectivity index is 1.50. The van der Waals surface area contributed by atoms with Crippen LogP contribution in [0, 0.1) is 11.8 Å². The molecule has 0 amide bonds. The number of allylic oxidation sites excluding steroid dienone is 1. The van der Waals surface area contributed by atoms with Crippen LogP contribution >= 0.6 is 0 Å². The zero-order chi connectivity index (χ0) is 8.84.